The number of hydrogen-bond donors (Lipinski definition) is 2. The normalized spacial score (nSPS) is 14.0. The lowest BCUT2D eigenvalue weighted by molar-refractivity contribution is 0.0664. The number of benzene rings is 3. The molecule has 2 aromatic heterocycles. The molecule has 10 heteroatoms. The van der Waals surface area contributed by atoms with Crippen molar-refractivity contribution in [3.05, 3.63) is 95.3 Å². The molecule has 2 N–H and O–H groups in total. The molecule has 1 fully saturated rings. The molecule has 0 aliphatic carbocycles. The number of hydrogen-bond acceptors (Lipinski definition) is 7. The number of carbonyl (C=O) groups excluding carboxylic acids is 2. The number of nitrogens with one attached hydrogen (secondary N) is 2. The maximum absolute atomic E-state index is 13.2. The Morgan fingerprint density at radius 1 is 0.826 bits per heavy atom. The zero-order valence-electron chi connectivity index (χ0n) is 27.3. The van der Waals surface area contributed by atoms with Crippen molar-refractivity contribution in [2.75, 3.05) is 43.9 Å². The monoisotopic (exact) mass is 616 g/mol. The van der Waals surface area contributed by atoms with Crippen molar-refractivity contribution in [1.29, 1.82) is 0 Å². The molecule has 1 saturated heterocycles. The summed E-state index contributed by atoms with van der Waals surface area (Å²) >= 11 is 0. The molecule has 3 heterocycles. The number of amides is 2. The summed E-state index contributed by atoms with van der Waals surface area (Å²) in [5.74, 6) is 0.913. The number of fused-ring (bicyclic) bond motifs is 1. The highest BCUT2D eigenvalue weighted by atomic mass is 16.2. The summed E-state index contributed by atoms with van der Waals surface area (Å²) in [6.07, 6.45) is 1.71. The molecular weight excluding hydrogens is 576 g/mol. The smallest absolute Gasteiger partial charge is 0.255 e. The van der Waals surface area contributed by atoms with Gasteiger partial charge >= 0.3 is 0 Å². The Balaban J connectivity index is 1.25. The number of aryl methyl sites for hydroxylation is 1. The van der Waals surface area contributed by atoms with Crippen molar-refractivity contribution in [1.82, 2.24) is 29.3 Å². The fraction of sp³-hybridized carbons (Fsp3) is 0.306. The second kappa shape index (κ2) is 12.4. The third kappa shape index (κ3) is 6.34. The van der Waals surface area contributed by atoms with Crippen LogP contribution in [0, 0.1) is 6.92 Å². The number of likely N-dealkylation sites (N-methyl/N-ethyl adjacent to an activating group) is 1. The highest BCUT2D eigenvalue weighted by Crippen LogP contribution is 2.31. The first-order chi connectivity index (χ1) is 22.0. The lowest BCUT2D eigenvalue weighted by atomic mass is 9.86. The van der Waals surface area contributed by atoms with Gasteiger partial charge in [0, 0.05) is 61.3 Å². The lowest BCUT2D eigenvalue weighted by Gasteiger charge is -2.32. The molecule has 0 unspecified atom stereocenters. The maximum Gasteiger partial charge on any atom is 0.255 e. The van der Waals surface area contributed by atoms with Crippen LogP contribution < -0.4 is 10.6 Å². The summed E-state index contributed by atoms with van der Waals surface area (Å²) in [5, 5.41) is 6.47. The second-order valence-corrected chi connectivity index (χ2v) is 13.0. The van der Waals surface area contributed by atoms with Crippen LogP contribution in [-0.2, 0) is 12.5 Å². The van der Waals surface area contributed by atoms with Crippen LogP contribution in [0.15, 0.2) is 73.1 Å². The molecular formula is C36H40N8O2. The second-order valence-electron chi connectivity index (χ2n) is 13.0. The summed E-state index contributed by atoms with van der Waals surface area (Å²) in [4.78, 5) is 44.7. The number of nitrogens with zero attached hydrogens (tertiary/aromatic N) is 6. The van der Waals surface area contributed by atoms with E-state index in [1.54, 1.807) is 6.33 Å². The Hall–Kier alpha value is -5.09. The Morgan fingerprint density at radius 2 is 1.50 bits per heavy atom. The van der Waals surface area contributed by atoms with Gasteiger partial charge in [-0.15, -0.1) is 0 Å². The average molecular weight is 617 g/mol. The van der Waals surface area contributed by atoms with Gasteiger partial charge in [0.1, 0.15) is 0 Å². The Bertz CT molecular complexity index is 1900. The molecule has 0 atom stereocenters. The predicted molar refractivity (Wildman–Crippen MR) is 183 cm³/mol. The average Bonchev–Trinajstić information content (AvgIpc) is 3.42. The Morgan fingerprint density at radius 3 is 2.17 bits per heavy atom. The fourth-order valence-corrected chi connectivity index (χ4v) is 5.57. The Kier molecular flexibility index (Phi) is 8.31. The summed E-state index contributed by atoms with van der Waals surface area (Å²) < 4.78 is 1.85. The van der Waals surface area contributed by atoms with Gasteiger partial charge < -0.3 is 25.0 Å². The fourth-order valence-electron chi connectivity index (χ4n) is 5.57. The van der Waals surface area contributed by atoms with E-state index in [2.05, 4.69) is 48.3 Å². The van der Waals surface area contributed by atoms with Crippen LogP contribution in [0.2, 0.25) is 0 Å². The van der Waals surface area contributed by atoms with E-state index < -0.39 is 0 Å². The van der Waals surface area contributed by atoms with E-state index in [0.717, 1.165) is 43.0 Å². The quantitative estimate of drug-likeness (QED) is 0.240. The van der Waals surface area contributed by atoms with E-state index in [9.17, 15) is 9.59 Å². The number of carbonyl (C=O) groups is 2. The molecule has 0 spiro atoms. The molecule has 5 aromatic rings. The predicted octanol–water partition coefficient (Wildman–Crippen LogP) is 6.02. The van der Waals surface area contributed by atoms with Crippen LogP contribution in [-0.4, -0.2) is 74.4 Å². The topological polar surface area (TPSA) is 108 Å². The third-order valence-corrected chi connectivity index (χ3v) is 8.58. The first kappa shape index (κ1) is 30.9. The van der Waals surface area contributed by atoms with Crippen LogP contribution in [0.3, 0.4) is 0 Å². The van der Waals surface area contributed by atoms with E-state index in [4.69, 9.17) is 9.97 Å². The van der Waals surface area contributed by atoms with Gasteiger partial charge in [-0.1, -0.05) is 45.0 Å². The van der Waals surface area contributed by atoms with Gasteiger partial charge in [0.25, 0.3) is 11.8 Å². The van der Waals surface area contributed by atoms with E-state index >= 15 is 0 Å². The van der Waals surface area contributed by atoms with Crippen molar-refractivity contribution in [2.45, 2.75) is 33.1 Å². The number of rotatable bonds is 6. The largest absolute Gasteiger partial charge is 0.338 e. The number of imidazole rings is 1. The van der Waals surface area contributed by atoms with E-state index in [-0.39, 0.29) is 17.2 Å². The molecule has 0 bridgehead atoms. The first-order valence-corrected chi connectivity index (χ1v) is 15.5. The third-order valence-electron chi connectivity index (χ3n) is 8.58. The SMILES string of the molecule is Cc1c(NC(=O)c2ccc(C(C)(C)C)cc2)cccc1-c1nc(Nc2ccc(C(=O)N3CCN(C)CC3)cc2)c2ncn(C)c2n1. The number of aromatic nitrogens is 4. The van der Waals surface area contributed by atoms with Crippen LogP contribution in [0.5, 0.6) is 0 Å². The summed E-state index contributed by atoms with van der Waals surface area (Å²) in [7, 11) is 3.96. The highest BCUT2D eigenvalue weighted by molar-refractivity contribution is 6.05. The van der Waals surface area contributed by atoms with E-state index in [1.165, 1.54) is 5.56 Å². The summed E-state index contributed by atoms with van der Waals surface area (Å²) in [6.45, 7) is 11.6. The summed E-state index contributed by atoms with van der Waals surface area (Å²) in [6, 6.07) is 20.9. The minimum absolute atomic E-state index is 0.00961. The van der Waals surface area contributed by atoms with Gasteiger partial charge in [-0.3, -0.25) is 9.59 Å². The molecule has 1 aliphatic rings. The van der Waals surface area contributed by atoms with Crippen LogP contribution in [0.4, 0.5) is 17.2 Å². The van der Waals surface area contributed by atoms with E-state index in [0.29, 0.717) is 39.6 Å². The van der Waals surface area contributed by atoms with Crippen molar-refractivity contribution in [3.63, 3.8) is 0 Å². The zero-order chi connectivity index (χ0) is 32.6. The standard InChI is InChI=1S/C36H40N8O2/c1-23-28(8-7-9-29(23)39-34(45)24-10-14-26(15-11-24)36(2,3)4)31-40-32(30-33(41-31)43(6)22-37-30)38-27-16-12-25(13-17-27)35(46)44-20-18-42(5)19-21-44/h7-17,22H,18-21H2,1-6H3,(H,39,45)(H,38,40,41). The van der Waals surface area contributed by atoms with E-state index in [1.807, 2.05) is 90.2 Å². The minimum Gasteiger partial charge on any atom is -0.338 e. The first-order valence-electron chi connectivity index (χ1n) is 15.5. The van der Waals surface area contributed by atoms with Gasteiger partial charge in [0.2, 0.25) is 0 Å². The van der Waals surface area contributed by atoms with Gasteiger partial charge in [-0.25, -0.2) is 15.0 Å². The maximum atomic E-state index is 13.2. The van der Waals surface area contributed by atoms with Crippen molar-refractivity contribution in [3.8, 4) is 11.4 Å². The zero-order valence-corrected chi connectivity index (χ0v) is 27.3. The molecule has 10 nitrogen and oxygen atoms in total. The van der Waals surface area contributed by atoms with Gasteiger partial charge in [-0.05, 0) is 73.0 Å². The van der Waals surface area contributed by atoms with Crippen LogP contribution in [0.1, 0.15) is 52.6 Å². The van der Waals surface area contributed by atoms with Gasteiger partial charge in [0.15, 0.2) is 22.8 Å². The Labute approximate surface area is 269 Å². The molecule has 2 amide bonds. The minimum atomic E-state index is -0.180. The lowest BCUT2D eigenvalue weighted by Crippen LogP contribution is -2.47. The summed E-state index contributed by atoms with van der Waals surface area (Å²) in [5.41, 5.74) is 6.83. The van der Waals surface area contributed by atoms with Crippen molar-refractivity contribution < 1.29 is 9.59 Å². The van der Waals surface area contributed by atoms with Crippen LogP contribution in [0.25, 0.3) is 22.6 Å². The molecule has 3 aromatic carbocycles. The van der Waals surface area contributed by atoms with Crippen LogP contribution >= 0.6 is 0 Å². The number of anilines is 3. The van der Waals surface area contributed by atoms with Gasteiger partial charge in [0.05, 0.1) is 6.33 Å². The molecule has 236 valence electrons. The number of piperazine rings is 1. The molecule has 1 aliphatic heterocycles. The molecule has 0 saturated carbocycles. The molecule has 0 radical (unpaired) electrons. The van der Waals surface area contributed by atoms with Crippen molar-refractivity contribution >= 4 is 40.2 Å². The molecule has 46 heavy (non-hydrogen) atoms. The highest BCUT2D eigenvalue weighted by Gasteiger charge is 2.21. The van der Waals surface area contributed by atoms with Gasteiger partial charge in [-0.2, -0.15) is 0 Å². The van der Waals surface area contributed by atoms with Crippen molar-refractivity contribution in [2.24, 2.45) is 7.05 Å². The molecule has 6 rings (SSSR count).